The molecule has 106 valence electrons. The van der Waals surface area contributed by atoms with Gasteiger partial charge in [-0.1, -0.05) is 0 Å². The van der Waals surface area contributed by atoms with Crippen LogP contribution in [0.25, 0.3) is 0 Å². The summed E-state index contributed by atoms with van der Waals surface area (Å²) in [6.45, 7) is 3.53. The maximum atomic E-state index is 11.9. The highest BCUT2D eigenvalue weighted by Gasteiger charge is 2.22. The predicted octanol–water partition coefficient (Wildman–Crippen LogP) is 1.68. The minimum atomic E-state index is 0.190. The molecule has 0 bridgehead atoms. The second-order valence-corrected chi connectivity index (χ2v) is 5.58. The van der Waals surface area contributed by atoms with E-state index in [1.54, 1.807) is 7.11 Å². The lowest BCUT2D eigenvalue weighted by Crippen LogP contribution is -2.35. The van der Waals surface area contributed by atoms with E-state index in [9.17, 15) is 4.79 Å². The van der Waals surface area contributed by atoms with Crippen molar-refractivity contribution in [1.29, 1.82) is 0 Å². The van der Waals surface area contributed by atoms with E-state index in [-0.39, 0.29) is 11.9 Å². The third-order valence-electron chi connectivity index (χ3n) is 3.94. The van der Waals surface area contributed by atoms with Crippen molar-refractivity contribution in [3.63, 3.8) is 0 Å². The van der Waals surface area contributed by atoms with Crippen molar-refractivity contribution in [3.05, 3.63) is 0 Å². The molecule has 4 heteroatoms. The fraction of sp³-hybridized carbons (Fsp3) is 0.929. The van der Waals surface area contributed by atoms with E-state index >= 15 is 0 Å². The van der Waals surface area contributed by atoms with Crippen LogP contribution in [-0.2, 0) is 9.53 Å². The summed E-state index contributed by atoms with van der Waals surface area (Å²) in [5.74, 6) is 1.43. The van der Waals surface area contributed by atoms with Gasteiger partial charge in [0.05, 0.1) is 0 Å². The molecule has 0 radical (unpaired) electrons. The molecular weight excluding hydrogens is 228 g/mol. The molecule has 0 saturated heterocycles. The zero-order valence-corrected chi connectivity index (χ0v) is 11.8. The molecule has 1 rings (SSSR count). The molecular formula is C14H28N2O2. The predicted molar refractivity (Wildman–Crippen MR) is 73.2 cm³/mol. The van der Waals surface area contributed by atoms with E-state index in [0.717, 1.165) is 25.8 Å². The topological polar surface area (TPSA) is 64.3 Å². The highest BCUT2D eigenvalue weighted by Crippen LogP contribution is 2.30. The van der Waals surface area contributed by atoms with Gasteiger partial charge in [0.2, 0.25) is 5.91 Å². The molecule has 1 unspecified atom stereocenters. The molecule has 0 aromatic rings. The van der Waals surface area contributed by atoms with Crippen molar-refractivity contribution in [2.75, 3.05) is 20.3 Å². The summed E-state index contributed by atoms with van der Waals surface area (Å²) in [5, 5.41) is 3.04. The fourth-order valence-electron chi connectivity index (χ4n) is 2.63. The van der Waals surface area contributed by atoms with Gasteiger partial charge in [0, 0.05) is 26.2 Å². The van der Waals surface area contributed by atoms with Gasteiger partial charge in [-0.25, -0.2) is 0 Å². The van der Waals surface area contributed by atoms with E-state index in [1.165, 1.54) is 12.8 Å². The standard InChI is InChI=1S/C14H28N2O2/c1-11(7-8-18-2)16-14(17)9-12-3-5-13(10-15)6-4-12/h11-13H,3-10,15H2,1-2H3,(H,16,17). The Kier molecular flexibility index (Phi) is 7.28. The summed E-state index contributed by atoms with van der Waals surface area (Å²) in [5.41, 5.74) is 5.67. The molecule has 1 aliphatic carbocycles. The Morgan fingerprint density at radius 3 is 2.50 bits per heavy atom. The van der Waals surface area contributed by atoms with Crippen LogP contribution in [0.5, 0.6) is 0 Å². The SMILES string of the molecule is COCCC(C)NC(=O)CC1CCC(CN)CC1. The third-order valence-corrected chi connectivity index (χ3v) is 3.94. The second kappa shape index (κ2) is 8.48. The molecule has 1 fully saturated rings. The number of rotatable bonds is 7. The number of hydrogen-bond donors (Lipinski definition) is 2. The van der Waals surface area contributed by atoms with Crippen LogP contribution < -0.4 is 11.1 Å². The first-order valence-electron chi connectivity index (χ1n) is 7.14. The summed E-state index contributed by atoms with van der Waals surface area (Å²) in [7, 11) is 1.68. The average Bonchev–Trinajstić information content (AvgIpc) is 2.37. The van der Waals surface area contributed by atoms with Crippen LogP contribution in [0, 0.1) is 11.8 Å². The van der Waals surface area contributed by atoms with E-state index in [0.29, 0.717) is 24.9 Å². The van der Waals surface area contributed by atoms with Crippen LogP contribution in [0.15, 0.2) is 0 Å². The summed E-state index contributed by atoms with van der Waals surface area (Å²) < 4.78 is 5.01. The van der Waals surface area contributed by atoms with Crippen LogP contribution >= 0.6 is 0 Å². The first-order chi connectivity index (χ1) is 8.65. The lowest BCUT2D eigenvalue weighted by Gasteiger charge is -2.27. The molecule has 0 aromatic heterocycles. The minimum Gasteiger partial charge on any atom is -0.385 e. The van der Waals surface area contributed by atoms with E-state index < -0.39 is 0 Å². The summed E-state index contributed by atoms with van der Waals surface area (Å²) >= 11 is 0. The van der Waals surface area contributed by atoms with Gasteiger partial charge in [-0.05, 0) is 57.4 Å². The van der Waals surface area contributed by atoms with Gasteiger partial charge in [-0.15, -0.1) is 0 Å². The summed E-state index contributed by atoms with van der Waals surface area (Å²) in [4.78, 5) is 11.9. The van der Waals surface area contributed by atoms with Crippen molar-refractivity contribution in [2.24, 2.45) is 17.6 Å². The van der Waals surface area contributed by atoms with Crippen molar-refractivity contribution >= 4 is 5.91 Å². The van der Waals surface area contributed by atoms with Crippen LogP contribution in [0.1, 0.15) is 45.4 Å². The molecule has 0 aromatic carbocycles. The molecule has 3 N–H and O–H groups in total. The smallest absolute Gasteiger partial charge is 0.220 e. The van der Waals surface area contributed by atoms with Gasteiger partial charge in [-0.3, -0.25) is 4.79 Å². The Labute approximate surface area is 111 Å². The number of hydrogen-bond acceptors (Lipinski definition) is 3. The van der Waals surface area contributed by atoms with E-state index in [2.05, 4.69) is 5.32 Å². The number of carbonyl (C=O) groups excluding carboxylic acids is 1. The van der Waals surface area contributed by atoms with Gasteiger partial charge in [0.15, 0.2) is 0 Å². The number of carbonyl (C=O) groups is 1. The normalized spacial score (nSPS) is 25.7. The number of amides is 1. The molecule has 0 spiro atoms. The second-order valence-electron chi connectivity index (χ2n) is 5.58. The zero-order chi connectivity index (χ0) is 13.4. The molecule has 18 heavy (non-hydrogen) atoms. The monoisotopic (exact) mass is 256 g/mol. The maximum Gasteiger partial charge on any atom is 0.220 e. The van der Waals surface area contributed by atoms with Crippen molar-refractivity contribution in [1.82, 2.24) is 5.32 Å². The highest BCUT2D eigenvalue weighted by atomic mass is 16.5. The van der Waals surface area contributed by atoms with Crippen LogP contribution in [0.4, 0.5) is 0 Å². The Bertz CT molecular complexity index is 238. The molecule has 4 nitrogen and oxygen atoms in total. The quantitative estimate of drug-likeness (QED) is 0.728. The van der Waals surface area contributed by atoms with E-state index in [1.807, 2.05) is 6.92 Å². The summed E-state index contributed by atoms with van der Waals surface area (Å²) in [6.07, 6.45) is 6.24. The Morgan fingerprint density at radius 2 is 1.94 bits per heavy atom. The van der Waals surface area contributed by atoms with E-state index in [4.69, 9.17) is 10.5 Å². The zero-order valence-electron chi connectivity index (χ0n) is 11.8. The van der Waals surface area contributed by atoms with Crippen molar-refractivity contribution in [2.45, 2.75) is 51.5 Å². The lowest BCUT2D eigenvalue weighted by atomic mass is 9.80. The van der Waals surface area contributed by atoms with Gasteiger partial charge < -0.3 is 15.8 Å². The largest absolute Gasteiger partial charge is 0.385 e. The summed E-state index contributed by atoms with van der Waals surface area (Å²) in [6, 6.07) is 0.206. The molecule has 1 aliphatic rings. The molecule has 1 amide bonds. The van der Waals surface area contributed by atoms with Gasteiger partial charge >= 0.3 is 0 Å². The Hall–Kier alpha value is -0.610. The van der Waals surface area contributed by atoms with Crippen LogP contribution in [0.2, 0.25) is 0 Å². The van der Waals surface area contributed by atoms with Gasteiger partial charge in [-0.2, -0.15) is 0 Å². The fourth-order valence-corrected chi connectivity index (χ4v) is 2.63. The van der Waals surface area contributed by atoms with Crippen molar-refractivity contribution < 1.29 is 9.53 Å². The maximum absolute atomic E-state index is 11.9. The third kappa shape index (κ3) is 5.83. The van der Waals surface area contributed by atoms with Gasteiger partial charge in [0.25, 0.3) is 0 Å². The molecule has 1 saturated carbocycles. The van der Waals surface area contributed by atoms with Crippen LogP contribution in [0.3, 0.4) is 0 Å². The first kappa shape index (κ1) is 15.4. The minimum absolute atomic E-state index is 0.190. The lowest BCUT2D eigenvalue weighted by molar-refractivity contribution is -0.123. The highest BCUT2D eigenvalue weighted by molar-refractivity contribution is 5.76. The Morgan fingerprint density at radius 1 is 1.33 bits per heavy atom. The number of methoxy groups -OCH3 is 1. The Balaban J connectivity index is 2.16. The molecule has 0 aliphatic heterocycles. The number of nitrogens with one attached hydrogen (secondary N) is 1. The molecule has 1 atom stereocenters. The molecule has 0 heterocycles. The van der Waals surface area contributed by atoms with Crippen molar-refractivity contribution in [3.8, 4) is 0 Å². The average molecular weight is 256 g/mol. The van der Waals surface area contributed by atoms with Crippen LogP contribution in [-0.4, -0.2) is 32.2 Å². The van der Waals surface area contributed by atoms with Gasteiger partial charge in [0.1, 0.15) is 0 Å². The number of ether oxygens (including phenoxy) is 1. The number of nitrogens with two attached hydrogens (primary N) is 1. The first-order valence-corrected chi connectivity index (χ1v) is 7.14.